The van der Waals surface area contributed by atoms with Gasteiger partial charge < -0.3 is 20.3 Å². The van der Waals surface area contributed by atoms with E-state index in [1.54, 1.807) is 13.2 Å². The highest BCUT2D eigenvalue weighted by Gasteiger charge is 2.12. The molecule has 8 heteroatoms. The highest BCUT2D eigenvalue weighted by molar-refractivity contribution is 6.31. The molecule has 1 aromatic rings. The molecule has 98 valence electrons. The second kappa shape index (κ2) is 6.06. The van der Waals surface area contributed by atoms with E-state index in [-0.39, 0.29) is 6.54 Å². The minimum absolute atomic E-state index is 0.297. The van der Waals surface area contributed by atoms with Crippen molar-refractivity contribution in [2.24, 2.45) is 7.05 Å². The minimum Gasteiger partial charge on any atom is -0.480 e. The second-order valence-electron chi connectivity index (χ2n) is 3.51. The fourth-order valence-corrected chi connectivity index (χ4v) is 1.49. The Bertz CT molecular complexity index is 483. The molecule has 0 aromatic carbocycles. The number of hydrogen-bond donors (Lipinski definition) is 3. The number of nitrogens with one attached hydrogen (secondary N) is 2. The standard InChI is InChI=1S/C10H12ClN3O4/c1-14-5-6(11)2-7(14)10(18)13-3-8(15)12-4-9(16)17/h2,5H,3-4H2,1H3,(H,12,15)(H,13,18)(H,16,17). The lowest BCUT2D eigenvalue weighted by Gasteiger charge is -2.05. The molecule has 0 spiro atoms. The molecule has 0 radical (unpaired) electrons. The molecule has 3 N–H and O–H groups in total. The maximum absolute atomic E-state index is 11.6. The largest absolute Gasteiger partial charge is 0.480 e. The van der Waals surface area contributed by atoms with Crippen molar-refractivity contribution in [2.45, 2.75) is 0 Å². The monoisotopic (exact) mass is 273 g/mol. The molecule has 2 amide bonds. The minimum atomic E-state index is -1.15. The van der Waals surface area contributed by atoms with Crippen molar-refractivity contribution in [3.63, 3.8) is 0 Å². The van der Waals surface area contributed by atoms with Crippen LogP contribution in [0.4, 0.5) is 0 Å². The highest BCUT2D eigenvalue weighted by Crippen LogP contribution is 2.12. The van der Waals surface area contributed by atoms with E-state index in [0.29, 0.717) is 10.7 Å². The van der Waals surface area contributed by atoms with E-state index in [0.717, 1.165) is 0 Å². The van der Waals surface area contributed by atoms with E-state index in [1.165, 1.54) is 10.6 Å². The summed E-state index contributed by atoms with van der Waals surface area (Å²) >= 11 is 5.71. The van der Waals surface area contributed by atoms with E-state index in [1.807, 2.05) is 0 Å². The van der Waals surface area contributed by atoms with E-state index in [4.69, 9.17) is 16.7 Å². The van der Waals surface area contributed by atoms with Crippen molar-refractivity contribution in [1.29, 1.82) is 0 Å². The number of aryl methyl sites for hydroxylation is 1. The summed E-state index contributed by atoms with van der Waals surface area (Å²) in [7, 11) is 1.64. The number of hydrogen-bond acceptors (Lipinski definition) is 3. The van der Waals surface area contributed by atoms with Gasteiger partial charge in [0.05, 0.1) is 11.6 Å². The molecule has 7 nitrogen and oxygen atoms in total. The zero-order chi connectivity index (χ0) is 13.7. The normalized spacial score (nSPS) is 9.89. The van der Waals surface area contributed by atoms with Crippen LogP contribution in [0.1, 0.15) is 10.5 Å². The Hall–Kier alpha value is -2.02. The van der Waals surface area contributed by atoms with Crippen LogP contribution < -0.4 is 10.6 Å². The van der Waals surface area contributed by atoms with Crippen molar-refractivity contribution in [1.82, 2.24) is 15.2 Å². The summed E-state index contributed by atoms with van der Waals surface area (Å²) in [6, 6.07) is 1.46. The molecule has 0 aliphatic heterocycles. The molecule has 0 unspecified atom stereocenters. The smallest absolute Gasteiger partial charge is 0.322 e. The molecule has 0 aliphatic carbocycles. The van der Waals surface area contributed by atoms with Gasteiger partial charge in [0.15, 0.2) is 0 Å². The Morgan fingerprint density at radius 1 is 1.33 bits per heavy atom. The SMILES string of the molecule is Cn1cc(Cl)cc1C(=O)NCC(=O)NCC(=O)O. The Labute approximate surface area is 108 Å². The molecular weight excluding hydrogens is 262 g/mol. The van der Waals surface area contributed by atoms with Gasteiger partial charge >= 0.3 is 5.97 Å². The number of carbonyl (C=O) groups is 3. The summed E-state index contributed by atoms with van der Waals surface area (Å²) in [6.45, 7) is -0.778. The average molecular weight is 274 g/mol. The Morgan fingerprint density at radius 2 is 2.00 bits per heavy atom. The van der Waals surface area contributed by atoms with E-state index in [2.05, 4.69) is 10.6 Å². The van der Waals surface area contributed by atoms with Crippen LogP contribution in [-0.2, 0) is 16.6 Å². The molecule has 1 heterocycles. The number of nitrogens with zero attached hydrogens (tertiary/aromatic N) is 1. The lowest BCUT2D eigenvalue weighted by atomic mass is 10.4. The van der Waals surface area contributed by atoms with Crippen LogP contribution in [0.25, 0.3) is 0 Å². The van der Waals surface area contributed by atoms with Crippen LogP contribution in [0.5, 0.6) is 0 Å². The number of aliphatic carboxylic acids is 1. The van der Waals surface area contributed by atoms with Gasteiger partial charge in [-0.2, -0.15) is 0 Å². The van der Waals surface area contributed by atoms with Gasteiger partial charge in [0, 0.05) is 13.2 Å². The molecule has 0 fully saturated rings. The van der Waals surface area contributed by atoms with Gasteiger partial charge in [-0.25, -0.2) is 0 Å². The Kier molecular flexibility index (Phi) is 4.73. The first-order valence-electron chi connectivity index (χ1n) is 4.98. The summed E-state index contributed by atoms with van der Waals surface area (Å²) in [4.78, 5) is 33.0. The number of carbonyl (C=O) groups excluding carboxylic acids is 2. The Morgan fingerprint density at radius 3 is 2.50 bits per heavy atom. The first kappa shape index (κ1) is 14.0. The van der Waals surface area contributed by atoms with Crippen molar-refractivity contribution in [3.8, 4) is 0 Å². The summed E-state index contributed by atoms with van der Waals surface area (Å²) in [5.41, 5.74) is 0.311. The predicted octanol–water partition coefficient (Wildman–Crippen LogP) is -0.391. The van der Waals surface area contributed by atoms with Crippen molar-refractivity contribution in [3.05, 3.63) is 23.0 Å². The van der Waals surface area contributed by atoms with E-state index < -0.39 is 24.3 Å². The Balaban J connectivity index is 2.44. The lowest BCUT2D eigenvalue weighted by molar-refractivity contribution is -0.137. The first-order chi connectivity index (χ1) is 8.40. The average Bonchev–Trinajstić information content (AvgIpc) is 2.62. The first-order valence-corrected chi connectivity index (χ1v) is 5.36. The summed E-state index contributed by atoms with van der Waals surface area (Å²) in [5, 5.41) is 13.2. The summed E-state index contributed by atoms with van der Waals surface area (Å²) in [5.74, 6) is -2.19. The number of aromatic nitrogens is 1. The van der Waals surface area contributed by atoms with Crippen LogP contribution >= 0.6 is 11.6 Å². The zero-order valence-corrected chi connectivity index (χ0v) is 10.3. The number of amides is 2. The molecule has 0 aliphatic rings. The molecule has 1 aromatic heterocycles. The zero-order valence-electron chi connectivity index (χ0n) is 9.57. The van der Waals surface area contributed by atoms with Gasteiger partial charge in [-0.1, -0.05) is 11.6 Å². The molecule has 0 saturated carbocycles. The quantitative estimate of drug-likeness (QED) is 0.680. The van der Waals surface area contributed by atoms with Gasteiger partial charge in [0.1, 0.15) is 12.2 Å². The molecule has 0 saturated heterocycles. The maximum atomic E-state index is 11.6. The number of carboxylic acid groups (broad SMARTS) is 1. The third-order valence-corrected chi connectivity index (χ3v) is 2.26. The van der Waals surface area contributed by atoms with E-state index >= 15 is 0 Å². The lowest BCUT2D eigenvalue weighted by Crippen LogP contribution is -2.39. The molecule has 0 atom stereocenters. The summed E-state index contributed by atoms with van der Waals surface area (Å²) < 4.78 is 1.52. The van der Waals surface area contributed by atoms with Crippen LogP contribution in [-0.4, -0.2) is 40.5 Å². The second-order valence-corrected chi connectivity index (χ2v) is 3.94. The van der Waals surface area contributed by atoms with Gasteiger partial charge in [0.25, 0.3) is 5.91 Å². The van der Waals surface area contributed by atoms with Crippen LogP contribution in [0.15, 0.2) is 12.3 Å². The van der Waals surface area contributed by atoms with Crippen LogP contribution in [0.3, 0.4) is 0 Å². The maximum Gasteiger partial charge on any atom is 0.322 e. The van der Waals surface area contributed by atoms with Gasteiger partial charge in [-0.3, -0.25) is 14.4 Å². The van der Waals surface area contributed by atoms with Crippen molar-refractivity contribution in [2.75, 3.05) is 13.1 Å². The molecule has 1 rings (SSSR count). The number of carboxylic acids is 1. The topological polar surface area (TPSA) is 100 Å². The number of halogens is 1. The predicted molar refractivity (Wildman–Crippen MR) is 63.4 cm³/mol. The van der Waals surface area contributed by atoms with Crippen molar-refractivity contribution >= 4 is 29.4 Å². The molecule has 18 heavy (non-hydrogen) atoms. The van der Waals surface area contributed by atoms with Gasteiger partial charge in [-0.05, 0) is 6.07 Å². The van der Waals surface area contributed by atoms with Crippen LogP contribution in [0, 0.1) is 0 Å². The van der Waals surface area contributed by atoms with Crippen LogP contribution in [0.2, 0.25) is 5.02 Å². The van der Waals surface area contributed by atoms with E-state index in [9.17, 15) is 14.4 Å². The molecule has 0 bridgehead atoms. The van der Waals surface area contributed by atoms with Gasteiger partial charge in [-0.15, -0.1) is 0 Å². The third-order valence-electron chi connectivity index (χ3n) is 2.05. The number of rotatable bonds is 5. The highest BCUT2D eigenvalue weighted by atomic mass is 35.5. The molecular formula is C10H12ClN3O4. The van der Waals surface area contributed by atoms with Crippen molar-refractivity contribution < 1.29 is 19.5 Å². The fraction of sp³-hybridized carbons (Fsp3) is 0.300. The fourth-order valence-electron chi connectivity index (χ4n) is 1.24. The third kappa shape index (κ3) is 4.10. The van der Waals surface area contributed by atoms with Gasteiger partial charge in [0.2, 0.25) is 5.91 Å². The summed E-state index contributed by atoms with van der Waals surface area (Å²) in [6.07, 6.45) is 1.56.